The van der Waals surface area contributed by atoms with Gasteiger partial charge in [-0.25, -0.2) is 4.98 Å². The molecule has 0 bridgehead atoms. The molecule has 4 N–H and O–H groups in total. The molecule has 0 amide bonds. The predicted molar refractivity (Wildman–Crippen MR) is 89.3 cm³/mol. The molecule has 0 saturated heterocycles. The number of aromatic amines is 1. The second kappa shape index (κ2) is 6.13. The van der Waals surface area contributed by atoms with Crippen LogP contribution < -0.4 is 11.1 Å². The normalized spacial score (nSPS) is 10.9. The summed E-state index contributed by atoms with van der Waals surface area (Å²) in [7, 11) is 0. The first kappa shape index (κ1) is 13.9. The van der Waals surface area contributed by atoms with E-state index in [1.165, 1.54) is 0 Å². The number of nitrogens with zero attached hydrogens (tertiary/aromatic N) is 2. The number of nitrogen functional groups attached to an aromatic ring is 1. The van der Waals surface area contributed by atoms with E-state index >= 15 is 0 Å². The summed E-state index contributed by atoms with van der Waals surface area (Å²) in [4.78, 5) is 11.7. The van der Waals surface area contributed by atoms with Crippen molar-refractivity contribution in [2.45, 2.75) is 12.8 Å². The number of fused-ring (bicyclic) bond motifs is 1. The first-order valence-electron chi connectivity index (χ1n) is 6.80. The van der Waals surface area contributed by atoms with Gasteiger partial charge in [-0.05, 0) is 24.6 Å². The Kier molecular flexibility index (Phi) is 4.06. The highest BCUT2D eigenvalue weighted by Gasteiger charge is 2.07. The largest absolute Gasteiger partial charge is 0.396 e. The molecule has 0 aliphatic heterocycles. The number of rotatable bonds is 5. The molecule has 0 radical (unpaired) electrons. The number of halogens is 1. The molecule has 3 rings (SSSR count). The van der Waals surface area contributed by atoms with Crippen molar-refractivity contribution >= 4 is 38.2 Å². The third kappa shape index (κ3) is 3.16. The summed E-state index contributed by atoms with van der Waals surface area (Å²) in [5.74, 6) is 1.01. The van der Waals surface area contributed by atoms with Crippen molar-refractivity contribution in [3.05, 3.63) is 47.1 Å². The van der Waals surface area contributed by atoms with Gasteiger partial charge in [0, 0.05) is 35.2 Å². The van der Waals surface area contributed by atoms with Crippen molar-refractivity contribution < 1.29 is 0 Å². The van der Waals surface area contributed by atoms with Crippen LogP contribution in [0.15, 0.2) is 41.3 Å². The Balaban J connectivity index is 1.73. The molecule has 21 heavy (non-hydrogen) atoms. The van der Waals surface area contributed by atoms with Crippen molar-refractivity contribution in [1.29, 1.82) is 0 Å². The van der Waals surface area contributed by atoms with Crippen molar-refractivity contribution in [2.24, 2.45) is 0 Å². The fraction of sp³-hybridized carbons (Fsp3) is 0.200. The number of benzene rings is 1. The average Bonchev–Trinajstić information content (AvgIpc) is 2.98. The summed E-state index contributed by atoms with van der Waals surface area (Å²) in [6.45, 7) is 0.830. The van der Waals surface area contributed by atoms with E-state index < -0.39 is 0 Å². The van der Waals surface area contributed by atoms with E-state index in [0.717, 1.165) is 46.3 Å². The van der Waals surface area contributed by atoms with E-state index in [0.29, 0.717) is 5.69 Å². The third-order valence-corrected chi connectivity index (χ3v) is 3.80. The van der Waals surface area contributed by atoms with Crippen LogP contribution in [0.3, 0.4) is 0 Å². The molecule has 5 nitrogen and oxygen atoms in total. The van der Waals surface area contributed by atoms with E-state index in [4.69, 9.17) is 5.73 Å². The van der Waals surface area contributed by atoms with Gasteiger partial charge in [-0.2, -0.15) is 0 Å². The molecule has 6 heteroatoms. The summed E-state index contributed by atoms with van der Waals surface area (Å²) in [6, 6.07) is 5.99. The Bertz CT molecular complexity index is 734. The molecule has 0 unspecified atom stereocenters. The maximum absolute atomic E-state index is 6.05. The first-order chi connectivity index (χ1) is 10.2. The molecule has 108 valence electrons. The van der Waals surface area contributed by atoms with Crippen LogP contribution in [-0.4, -0.2) is 21.5 Å². The zero-order chi connectivity index (χ0) is 14.7. The minimum absolute atomic E-state index is 0.665. The van der Waals surface area contributed by atoms with Gasteiger partial charge in [-0.15, -0.1) is 0 Å². The van der Waals surface area contributed by atoms with Crippen LogP contribution in [0, 0.1) is 0 Å². The standard InChI is InChI=1S/C15H16BrN5/c16-10-3-4-13-11(8-10)15(12(17)9-21-13)20-5-1-2-14-18-6-7-19-14/h3-4,6-9H,1-2,5,17H2,(H,18,19)(H,20,21). The van der Waals surface area contributed by atoms with Crippen LogP contribution in [0.2, 0.25) is 0 Å². The minimum Gasteiger partial charge on any atom is -0.396 e. The van der Waals surface area contributed by atoms with E-state index in [-0.39, 0.29) is 0 Å². The van der Waals surface area contributed by atoms with E-state index in [9.17, 15) is 0 Å². The lowest BCUT2D eigenvalue weighted by atomic mass is 10.1. The SMILES string of the molecule is Nc1cnc2ccc(Br)cc2c1NCCCc1ncc[nH]1. The lowest BCUT2D eigenvalue weighted by Gasteiger charge is -2.12. The zero-order valence-corrected chi connectivity index (χ0v) is 13.0. The number of imidazole rings is 1. The fourth-order valence-corrected chi connectivity index (χ4v) is 2.64. The smallest absolute Gasteiger partial charge is 0.106 e. The third-order valence-electron chi connectivity index (χ3n) is 3.31. The maximum atomic E-state index is 6.05. The Morgan fingerprint density at radius 2 is 2.19 bits per heavy atom. The maximum Gasteiger partial charge on any atom is 0.106 e. The number of H-pyrrole nitrogens is 1. The van der Waals surface area contributed by atoms with Crippen molar-refractivity contribution in [1.82, 2.24) is 15.0 Å². The summed E-state index contributed by atoms with van der Waals surface area (Å²) in [5.41, 5.74) is 8.60. The molecule has 0 saturated carbocycles. The van der Waals surface area contributed by atoms with Gasteiger partial charge in [-0.3, -0.25) is 4.98 Å². The summed E-state index contributed by atoms with van der Waals surface area (Å²) < 4.78 is 1.01. The van der Waals surface area contributed by atoms with Crippen molar-refractivity contribution in [3.8, 4) is 0 Å². The van der Waals surface area contributed by atoms with Gasteiger partial charge in [0.15, 0.2) is 0 Å². The molecular formula is C15H16BrN5. The number of anilines is 2. The molecule has 0 atom stereocenters. The molecule has 0 spiro atoms. The summed E-state index contributed by atoms with van der Waals surface area (Å²) >= 11 is 3.49. The highest BCUT2D eigenvalue weighted by molar-refractivity contribution is 9.10. The second-order valence-electron chi connectivity index (χ2n) is 4.82. The summed E-state index contributed by atoms with van der Waals surface area (Å²) in [5, 5.41) is 4.45. The Labute approximate surface area is 131 Å². The number of hydrogen-bond acceptors (Lipinski definition) is 4. The fourth-order valence-electron chi connectivity index (χ4n) is 2.28. The molecule has 1 aromatic carbocycles. The van der Waals surface area contributed by atoms with Gasteiger partial charge in [0.2, 0.25) is 0 Å². The number of hydrogen-bond donors (Lipinski definition) is 3. The van der Waals surface area contributed by atoms with E-state index in [1.807, 2.05) is 24.4 Å². The number of aryl methyl sites for hydroxylation is 1. The zero-order valence-electron chi connectivity index (χ0n) is 11.4. The van der Waals surface area contributed by atoms with Crippen LogP contribution in [0.4, 0.5) is 11.4 Å². The lowest BCUT2D eigenvalue weighted by molar-refractivity contribution is 0.817. The number of nitrogens with one attached hydrogen (secondary N) is 2. The molecule has 0 fully saturated rings. The quantitative estimate of drug-likeness (QED) is 0.619. The van der Waals surface area contributed by atoms with Gasteiger partial charge in [0.1, 0.15) is 5.82 Å². The molecule has 0 aliphatic rings. The number of nitrogens with two attached hydrogens (primary N) is 1. The molecule has 3 aromatic rings. The van der Waals surface area contributed by atoms with Crippen LogP contribution >= 0.6 is 15.9 Å². The number of pyridine rings is 1. The van der Waals surface area contributed by atoms with Crippen LogP contribution in [0.5, 0.6) is 0 Å². The summed E-state index contributed by atoms with van der Waals surface area (Å²) in [6.07, 6.45) is 7.20. The van der Waals surface area contributed by atoms with Crippen LogP contribution in [-0.2, 0) is 6.42 Å². The van der Waals surface area contributed by atoms with Gasteiger partial charge >= 0.3 is 0 Å². The van der Waals surface area contributed by atoms with Gasteiger partial charge in [-0.1, -0.05) is 15.9 Å². The average molecular weight is 346 g/mol. The van der Waals surface area contributed by atoms with Crippen molar-refractivity contribution in [2.75, 3.05) is 17.6 Å². The monoisotopic (exact) mass is 345 g/mol. The highest BCUT2D eigenvalue weighted by atomic mass is 79.9. The first-order valence-corrected chi connectivity index (χ1v) is 7.59. The van der Waals surface area contributed by atoms with E-state index in [1.54, 1.807) is 12.4 Å². The van der Waals surface area contributed by atoms with Gasteiger partial charge in [0.25, 0.3) is 0 Å². The van der Waals surface area contributed by atoms with Crippen LogP contribution in [0.25, 0.3) is 10.9 Å². The lowest BCUT2D eigenvalue weighted by Crippen LogP contribution is -2.07. The number of aromatic nitrogens is 3. The van der Waals surface area contributed by atoms with E-state index in [2.05, 4.69) is 36.2 Å². The predicted octanol–water partition coefficient (Wildman–Crippen LogP) is 3.35. The van der Waals surface area contributed by atoms with Crippen molar-refractivity contribution in [3.63, 3.8) is 0 Å². The Morgan fingerprint density at radius 1 is 1.29 bits per heavy atom. The van der Waals surface area contributed by atoms with Gasteiger partial charge in [0.05, 0.1) is 23.1 Å². The molecule has 0 aliphatic carbocycles. The minimum atomic E-state index is 0.665. The highest BCUT2D eigenvalue weighted by Crippen LogP contribution is 2.29. The Hall–Kier alpha value is -2.08. The van der Waals surface area contributed by atoms with Crippen LogP contribution in [0.1, 0.15) is 12.2 Å². The molecular weight excluding hydrogens is 330 g/mol. The molecule has 2 heterocycles. The topological polar surface area (TPSA) is 79.6 Å². The van der Waals surface area contributed by atoms with Gasteiger partial charge < -0.3 is 16.0 Å². The Morgan fingerprint density at radius 3 is 3.00 bits per heavy atom. The second-order valence-corrected chi connectivity index (χ2v) is 5.73. The molecule has 2 aromatic heterocycles.